The van der Waals surface area contributed by atoms with Gasteiger partial charge in [0, 0.05) is 51.1 Å². The zero-order chi connectivity index (χ0) is 48.9. The van der Waals surface area contributed by atoms with Gasteiger partial charge >= 0.3 is 23.1 Å². The van der Waals surface area contributed by atoms with E-state index in [0.717, 1.165) is 107 Å². The van der Waals surface area contributed by atoms with E-state index in [4.69, 9.17) is 37.4 Å². The van der Waals surface area contributed by atoms with Crippen molar-refractivity contribution in [3.8, 4) is 56.0 Å². The molecule has 2 aliphatic carbocycles. The van der Waals surface area contributed by atoms with Gasteiger partial charge in [-0.2, -0.15) is 0 Å². The summed E-state index contributed by atoms with van der Waals surface area (Å²) in [6.07, 6.45) is 2.56. The Bertz CT molecular complexity index is 3510. The number of fused-ring (bicyclic) bond motifs is 10. The molecule has 73 heavy (non-hydrogen) atoms. The summed E-state index contributed by atoms with van der Waals surface area (Å²) in [6.45, 7) is 2.00. The molecule has 9 heteroatoms. The van der Waals surface area contributed by atoms with Crippen LogP contribution in [0.4, 0.5) is 0 Å². The zero-order valence-electron chi connectivity index (χ0n) is 40.4. The van der Waals surface area contributed by atoms with Crippen LogP contribution in [0.25, 0.3) is 66.1 Å². The van der Waals surface area contributed by atoms with Crippen LogP contribution in [0, 0.1) is 6.07 Å². The van der Waals surface area contributed by atoms with Gasteiger partial charge in [0.25, 0.3) is 0 Å². The Morgan fingerprint density at radius 2 is 1.08 bits per heavy atom. The molecule has 10 aromatic carbocycles. The maximum atomic E-state index is 12.8. The molecule has 0 bridgehead atoms. The Morgan fingerprint density at radius 3 is 1.71 bits per heavy atom. The molecule has 1 N–H and O–H groups in total. The first-order valence-corrected chi connectivity index (χ1v) is 24.4. The molecule has 0 saturated carbocycles. The van der Waals surface area contributed by atoms with Crippen molar-refractivity contribution in [1.82, 2.24) is 0 Å². The molecule has 1 fully saturated rings. The minimum absolute atomic E-state index is 0. The van der Waals surface area contributed by atoms with Crippen molar-refractivity contribution in [3.63, 3.8) is 0 Å². The third kappa shape index (κ3) is 10.7. The molecule has 0 amide bonds. The van der Waals surface area contributed by atoms with E-state index in [2.05, 4.69) is 54.6 Å². The van der Waals surface area contributed by atoms with Crippen molar-refractivity contribution in [2.24, 2.45) is 0 Å². The fraction of sp³-hybridized carbons (Fsp3) is 0.109. The Hall–Kier alpha value is -6.26. The van der Waals surface area contributed by atoms with Crippen LogP contribution in [0.1, 0.15) is 45.5 Å². The Balaban J connectivity index is 0.000000151. The molecule has 3 aliphatic rings. The van der Waals surface area contributed by atoms with E-state index in [0.29, 0.717) is 15.6 Å². The average Bonchev–Trinajstić information content (AvgIpc) is 4.17. The summed E-state index contributed by atoms with van der Waals surface area (Å²) < 4.78 is 15.6. The monoisotopic (exact) mass is 1070 g/mol. The van der Waals surface area contributed by atoms with Crippen molar-refractivity contribution >= 4 is 73.6 Å². The third-order valence-corrected chi connectivity index (χ3v) is 13.7. The number of carbonyl (C=O) groups excluding carboxylic acids is 1. The number of rotatable bonds is 5. The standard InChI is InChI=1S/C30H21ClO2.C18H11ClO2.C12H9.C4H8O.BrH.Mg/c1-33-22-13-16-24-20(17-22)11-14-26-25-15-12-21(31)18-28(25)30(32,29(24)26)27-10-6-5-9-23(27)19-7-3-2-4-8-19;1-21-12-4-7-13-10(8-12)2-5-15-14-6-3-11(19)9-16(14)18(20)17(13)15;1-3-7-11(8-4-1)12-9-5-2-6-10-12;1-2-4-5-3-1;;/h2-18,32H,1H3;2-9H,1H3;1-9H;1-4H2;1H;/q;;-1;;;+2/p-1. The molecule has 5 nitrogen and oxygen atoms in total. The van der Waals surface area contributed by atoms with Crippen molar-refractivity contribution in [2.75, 3.05) is 27.4 Å². The summed E-state index contributed by atoms with van der Waals surface area (Å²) in [5.41, 5.74) is 11.0. The number of hydrogen-bond acceptors (Lipinski definition) is 5. The fourth-order valence-corrected chi connectivity index (χ4v) is 10.2. The quantitative estimate of drug-likeness (QED) is 0.137. The summed E-state index contributed by atoms with van der Waals surface area (Å²) in [4.78, 5) is 12.7. The second-order valence-electron chi connectivity index (χ2n) is 17.4. The Labute approximate surface area is 463 Å². The van der Waals surface area contributed by atoms with Crippen LogP contribution in [-0.4, -0.2) is 61.4 Å². The number of methoxy groups -OCH3 is 2. The summed E-state index contributed by atoms with van der Waals surface area (Å²) in [7, 11) is 3.30. The number of carbonyl (C=O) groups is 1. The zero-order valence-corrected chi connectivity index (χ0v) is 44.9. The molecule has 0 aromatic heterocycles. The van der Waals surface area contributed by atoms with E-state index < -0.39 is 5.60 Å². The van der Waals surface area contributed by atoms with Crippen LogP contribution in [0.2, 0.25) is 10.0 Å². The Kier molecular flexibility index (Phi) is 17.2. The summed E-state index contributed by atoms with van der Waals surface area (Å²) in [5.74, 6) is 1.61. The van der Waals surface area contributed by atoms with E-state index in [1.807, 2.05) is 152 Å². The number of ketones is 1. The van der Waals surface area contributed by atoms with Crippen molar-refractivity contribution in [3.05, 3.63) is 250 Å². The van der Waals surface area contributed by atoms with Crippen molar-refractivity contribution < 1.29 is 41.1 Å². The van der Waals surface area contributed by atoms with E-state index >= 15 is 0 Å². The molecule has 10 aromatic rings. The topological polar surface area (TPSA) is 65.0 Å². The molecular weight excluding hydrogens is 1020 g/mol. The molecule has 1 heterocycles. The molecule has 13 rings (SSSR count). The third-order valence-electron chi connectivity index (χ3n) is 13.2. The molecule has 1 aliphatic heterocycles. The summed E-state index contributed by atoms with van der Waals surface area (Å²) in [5, 5.41) is 17.9. The molecule has 1 unspecified atom stereocenters. The molecule has 1 atom stereocenters. The van der Waals surface area contributed by atoms with E-state index in [9.17, 15) is 9.90 Å². The maximum Gasteiger partial charge on any atom is 2.00 e. The Morgan fingerprint density at radius 1 is 0.521 bits per heavy atom. The van der Waals surface area contributed by atoms with Crippen LogP contribution >= 0.6 is 23.2 Å². The average molecular weight is 1070 g/mol. The molecule has 0 radical (unpaired) electrons. The number of benzene rings is 10. The molecule has 358 valence electrons. The molecular formula is C64H49BrCl2MgO5. The summed E-state index contributed by atoms with van der Waals surface area (Å²) >= 11 is 12.5. The van der Waals surface area contributed by atoms with Gasteiger partial charge in [-0.1, -0.05) is 156 Å². The largest absolute Gasteiger partial charge is 2.00 e. The number of hydrogen-bond donors (Lipinski definition) is 1. The van der Waals surface area contributed by atoms with Gasteiger partial charge in [0.2, 0.25) is 0 Å². The number of aliphatic hydroxyl groups is 1. The van der Waals surface area contributed by atoms with Crippen molar-refractivity contribution in [1.29, 1.82) is 0 Å². The second-order valence-corrected chi connectivity index (χ2v) is 18.3. The van der Waals surface area contributed by atoms with Gasteiger partial charge in [-0.3, -0.25) is 4.79 Å². The summed E-state index contributed by atoms with van der Waals surface area (Å²) in [6, 6.07) is 71.0. The smallest absolute Gasteiger partial charge is 1.00 e. The molecule has 0 spiro atoms. The van der Waals surface area contributed by atoms with Crippen LogP contribution in [0.5, 0.6) is 11.5 Å². The first-order valence-electron chi connectivity index (χ1n) is 23.6. The van der Waals surface area contributed by atoms with E-state index in [-0.39, 0.29) is 45.8 Å². The fourth-order valence-electron chi connectivity index (χ4n) is 9.86. The minimum Gasteiger partial charge on any atom is -1.00 e. The van der Waals surface area contributed by atoms with Crippen molar-refractivity contribution in [2.45, 2.75) is 18.4 Å². The van der Waals surface area contributed by atoms with Gasteiger partial charge < -0.3 is 36.3 Å². The number of halogens is 3. The van der Waals surface area contributed by atoms with Crippen LogP contribution in [-0.2, 0) is 10.3 Å². The molecule has 1 saturated heterocycles. The number of ether oxygens (including phenoxy) is 3. The predicted octanol–water partition coefficient (Wildman–Crippen LogP) is 12.7. The first kappa shape index (κ1) is 53.0. The normalized spacial score (nSPS) is 14.2. The van der Waals surface area contributed by atoms with Gasteiger partial charge in [-0.05, 0) is 122 Å². The maximum absolute atomic E-state index is 12.8. The minimum atomic E-state index is -1.36. The predicted molar refractivity (Wildman–Crippen MR) is 296 cm³/mol. The van der Waals surface area contributed by atoms with Gasteiger partial charge in [0.15, 0.2) is 5.78 Å². The van der Waals surface area contributed by atoms with Crippen LogP contribution < -0.4 is 26.5 Å². The van der Waals surface area contributed by atoms with Crippen LogP contribution in [0.3, 0.4) is 0 Å². The van der Waals surface area contributed by atoms with Gasteiger partial charge in [-0.25, -0.2) is 0 Å². The van der Waals surface area contributed by atoms with E-state index in [1.54, 1.807) is 20.3 Å². The SMILES string of the molecule is C1CCOC1.COc1ccc2c3c(ccc2c1)-c1ccc(Cl)cc1C3(O)c1ccccc1-c1ccccc1.COc1ccc2c3c(ccc2c1)-c1ccc(Cl)cc1C3=O.[Br-].[Mg+2].[c-]1ccccc1-c1ccccc1. The van der Waals surface area contributed by atoms with Crippen LogP contribution in [0.15, 0.2) is 206 Å². The van der Waals surface area contributed by atoms with E-state index in [1.165, 1.54) is 18.4 Å². The second kappa shape index (κ2) is 23.7. The van der Waals surface area contributed by atoms with Gasteiger partial charge in [-0.15, -0.1) is 35.9 Å². The van der Waals surface area contributed by atoms with Gasteiger partial charge in [0.1, 0.15) is 17.1 Å². The van der Waals surface area contributed by atoms with Gasteiger partial charge in [0.05, 0.1) is 14.2 Å². The first-order chi connectivity index (χ1) is 34.8.